The second-order valence-corrected chi connectivity index (χ2v) is 6.40. The van der Waals surface area contributed by atoms with Crippen LogP contribution in [0.4, 0.5) is 5.69 Å². The van der Waals surface area contributed by atoms with Crippen LogP contribution in [0.2, 0.25) is 5.02 Å². The van der Waals surface area contributed by atoms with E-state index in [1.54, 1.807) is 43.3 Å². The van der Waals surface area contributed by atoms with Gasteiger partial charge in [0.15, 0.2) is 0 Å². The van der Waals surface area contributed by atoms with Crippen LogP contribution in [0.15, 0.2) is 52.1 Å². The number of nitrogen functional groups attached to an aromatic ring is 1. The summed E-state index contributed by atoms with van der Waals surface area (Å²) in [6, 6.07) is 11.4. The van der Waals surface area contributed by atoms with Gasteiger partial charge in [-0.1, -0.05) is 23.7 Å². The van der Waals surface area contributed by atoms with Crippen molar-refractivity contribution in [3.05, 3.63) is 73.9 Å². The molecule has 0 spiro atoms. The third kappa shape index (κ3) is 3.88. The number of nitrogens with zero attached hydrogens (tertiary/aromatic N) is 2. The summed E-state index contributed by atoms with van der Waals surface area (Å²) in [4.78, 5) is 37.8. The lowest BCUT2D eigenvalue weighted by Gasteiger charge is -2.14. The molecule has 0 saturated carbocycles. The molecule has 7 nitrogen and oxygen atoms in total. The molecule has 0 bridgehead atoms. The van der Waals surface area contributed by atoms with Crippen molar-refractivity contribution in [1.29, 1.82) is 0 Å². The lowest BCUT2D eigenvalue weighted by molar-refractivity contribution is -0.143. The van der Waals surface area contributed by atoms with Crippen LogP contribution < -0.4 is 17.0 Å². The maximum absolute atomic E-state index is 13.0. The Bertz CT molecular complexity index is 1120. The smallest absolute Gasteiger partial charge is 0.332 e. The number of aromatic nitrogens is 2. The summed E-state index contributed by atoms with van der Waals surface area (Å²) < 4.78 is 7.25. The highest BCUT2D eigenvalue weighted by atomic mass is 35.5. The van der Waals surface area contributed by atoms with Gasteiger partial charge in [-0.3, -0.25) is 18.7 Å². The molecule has 0 radical (unpaired) electrons. The number of halogens is 1. The second-order valence-electron chi connectivity index (χ2n) is 5.97. The molecule has 0 unspecified atom stereocenters. The first-order chi connectivity index (χ1) is 12.9. The number of fused-ring (bicyclic) bond motifs is 1. The number of ether oxygens (including phenoxy) is 1. The normalized spacial score (nSPS) is 10.9. The molecule has 140 valence electrons. The minimum atomic E-state index is -0.597. The summed E-state index contributed by atoms with van der Waals surface area (Å²) in [7, 11) is 0. The van der Waals surface area contributed by atoms with Crippen molar-refractivity contribution in [3.8, 4) is 0 Å². The summed E-state index contributed by atoms with van der Waals surface area (Å²) in [5.41, 5.74) is 6.24. The standard InChI is InChI=1S/C19H18ClN3O4/c1-2-27-17(24)11-22-16-8-5-13(20)9-15(16)18(25)23(19(22)26)10-12-3-6-14(21)7-4-12/h3-9H,2,10-11,21H2,1H3. The molecule has 2 N–H and O–H groups in total. The quantitative estimate of drug-likeness (QED) is 0.533. The van der Waals surface area contributed by atoms with Crippen LogP contribution in [0.25, 0.3) is 10.9 Å². The summed E-state index contributed by atoms with van der Waals surface area (Å²) in [5, 5.41) is 0.613. The second kappa shape index (κ2) is 7.67. The summed E-state index contributed by atoms with van der Waals surface area (Å²) >= 11 is 6.03. The molecule has 27 heavy (non-hydrogen) atoms. The van der Waals surface area contributed by atoms with Crippen molar-refractivity contribution in [2.45, 2.75) is 20.0 Å². The van der Waals surface area contributed by atoms with Crippen LogP contribution in [0.5, 0.6) is 0 Å². The van der Waals surface area contributed by atoms with Gasteiger partial charge in [0, 0.05) is 10.7 Å². The van der Waals surface area contributed by atoms with E-state index in [0.717, 1.165) is 10.1 Å². The Morgan fingerprint density at radius 1 is 1.11 bits per heavy atom. The van der Waals surface area contributed by atoms with Crippen molar-refractivity contribution >= 4 is 34.2 Å². The highest BCUT2D eigenvalue weighted by Crippen LogP contribution is 2.16. The van der Waals surface area contributed by atoms with Crippen LogP contribution in [-0.2, 0) is 22.6 Å². The van der Waals surface area contributed by atoms with Gasteiger partial charge in [-0.2, -0.15) is 0 Å². The molecule has 3 rings (SSSR count). The van der Waals surface area contributed by atoms with Crippen LogP contribution in [0.3, 0.4) is 0 Å². The Morgan fingerprint density at radius 3 is 2.48 bits per heavy atom. The number of nitrogens with two attached hydrogens (primary N) is 1. The Balaban J connectivity index is 2.20. The first-order valence-electron chi connectivity index (χ1n) is 8.33. The zero-order valence-corrected chi connectivity index (χ0v) is 15.4. The molecule has 0 atom stereocenters. The number of carbonyl (C=O) groups is 1. The number of esters is 1. The lowest BCUT2D eigenvalue weighted by atomic mass is 10.2. The van der Waals surface area contributed by atoms with Crippen LogP contribution >= 0.6 is 11.6 Å². The SMILES string of the molecule is CCOC(=O)Cn1c(=O)n(Cc2ccc(N)cc2)c(=O)c2cc(Cl)ccc21. The zero-order valence-electron chi connectivity index (χ0n) is 14.6. The van der Waals surface area contributed by atoms with Gasteiger partial charge in [0.2, 0.25) is 0 Å². The summed E-state index contributed by atoms with van der Waals surface area (Å²) in [6.45, 7) is 1.62. The van der Waals surface area contributed by atoms with Crippen molar-refractivity contribution in [2.75, 3.05) is 12.3 Å². The highest BCUT2D eigenvalue weighted by Gasteiger charge is 2.16. The third-order valence-electron chi connectivity index (χ3n) is 4.10. The van der Waals surface area contributed by atoms with Crippen molar-refractivity contribution < 1.29 is 9.53 Å². The maximum Gasteiger partial charge on any atom is 0.332 e. The maximum atomic E-state index is 13.0. The average Bonchev–Trinajstić information content (AvgIpc) is 2.64. The molecule has 0 amide bonds. The van der Waals surface area contributed by atoms with Gasteiger partial charge in [-0.15, -0.1) is 0 Å². The first kappa shape index (κ1) is 18.7. The molecule has 0 saturated heterocycles. The molecule has 0 aliphatic rings. The number of rotatable bonds is 5. The first-order valence-corrected chi connectivity index (χ1v) is 8.71. The lowest BCUT2D eigenvalue weighted by Crippen LogP contribution is -2.41. The van der Waals surface area contributed by atoms with E-state index >= 15 is 0 Å². The molecule has 1 heterocycles. The van der Waals surface area contributed by atoms with Gasteiger partial charge in [0.05, 0.1) is 24.1 Å². The van der Waals surface area contributed by atoms with Crippen LogP contribution in [0, 0.1) is 0 Å². The average molecular weight is 388 g/mol. The Hall–Kier alpha value is -3.06. The van der Waals surface area contributed by atoms with Gasteiger partial charge >= 0.3 is 11.7 Å². The monoisotopic (exact) mass is 387 g/mol. The number of benzene rings is 2. The fourth-order valence-corrected chi connectivity index (χ4v) is 3.00. The summed E-state index contributed by atoms with van der Waals surface area (Å²) in [5.74, 6) is -0.562. The van der Waals surface area contributed by atoms with E-state index in [4.69, 9.17) is 22.1 Å². The molecular weight excluding hydrogens is 370 g/mol. The van der Waals surface area contributed by atoms with E-state index in [2.05, 4.69) is 0 Å². The van der Waals surface area contributed by atoms with Crippen molar-refractivity contribution in [1.82, 2.24) is 9.13 Å². The number of carbonyl (C=O) groups excluding carboxylic acids is 1. The number of anilines is 1. The molecular formula is C19H18ClN3O4. The van der Waals surface area contributed by atoms with Crippen LogP contribution in [-0.4, -0.2) is 21.7 Å². The Morgan fingerprint density at radius 2 is 1.81 bits per heavy atom. The van der Waals surface area contributed by atoms with Gasteiger partial charge in [-0.25, -0.2) is 4.79 Å². The predicted octanol–water partition coefficient (Wildman–Crippen LogP) is 2.01. The highest BCUT2D eigenvalue weighted by molar-refractivity contribution is 6.31. The van der Waals surface area contributed by atoms with E-state index in [1.807, 2.05) is 0 Å². The Labute approximate surface area is 159 Å². The van der Waals surface area contributed by atoms with Crippen molar-refractivity contribution in [3.63, 3.8) is 0 Å². The molecule has 0 aliphatic heterocycles. The molecule has 1 aromatic heterocycles. The largest absolute Gasteiger partial charge is 0.465 e. The fraction of sp³-hybridized carbons (Fsp3) is 0.211. The van der Waals surface area contributed by atoms with Gasteiger partial charge in [0.25, 0.3) is 5.56 Å². The van der Waals surface area contributed by atoms with E-state index in [9.17, 15) is 14.4 Å². The number of hydrogen-bond acceptors (Lipinski definition) is 5. The predicted molar refractivity (Wildman–Crippen MR) is 104 cm³/mol. The van der Waals surface area contributed by atoms with Crippen molar-refractivity contribution in [2.24, 2.45) is 0 Å². The zero-order chi connectivity index (χ0) is 19.6. The number of hydrogen-bond donors (Lipinski definition) is 1. The molecule has 3 aromatic rings. The Kier molecular flexibility index (Phi) is 5.32. The molecule has 0 aliphatic carbocycles. The van der Waals surface area contributed by atoms with E-state index in [-0.39, 0.29) is 25.1 Å². The van der Waals surface area contributed by atoms with Crippen LogP contribution in [0.1, 0.15) is 12.5 Å². The van der Waals surface area contributed by atoms with Gasteiger partial charge < -0.3 is 10.5 Å². The van der Waals surface area contributed by atoms with E-state index < -0.39 is 17.2 Å². The molecule has 0 fully saturated rings. The van der Waals surface area contributed by atoms with Gasteiger partial charge in [0.1, 0.15) is 6.54 Å². The minimum absolute atomic E-state index is 0.0449. The van der Waals surface area contributed by atoms with E-state index in [1.165, 1.54) is 10.6 Å². The topological polar surface area (TPSA) is 96.3 Å². The van der Waals surface area contributed by atoms with E-state index in [0.29, 0.717) is 16.2 Å². The molecule has 8 heteroatoms. The minimum Gasteiger partial charge on any atom is -0.465 e. The van der Waals surface area contributed by atoms with Gasteiger partial charge in [-0.05, 0) is 42.8 Å². The summed E-state index contributed by atoms with van der Waals surface area (Å²) in [6.07, 6.45) is 0. The fourth-order valence-electron chi connectivity index (χ4n) is 2.83. The molecule has 2 aromatic carbocycles. The third-order valence-corrected chi connectivity index (χ3v) is 4.33.